The Labute approximate surface area is 283 Å². The third-order valence-electron chi connectivity index (χ3n) is 10.1. The summed E-state index contributed by atoms with van der Waals surface area (Å²) in [6.07, 6.45) is 0. The highest BCUT2D eigenvalue weighted by Gasteiger charge is 2.19. The Hall–Kier alpha value is -7.28. The van der Waals surface area contributed by atoms with Gasteiger partial charge in [0, 0.05) is 54.5 Å². The molecule has 0 atom stereocenters. The van der Waals surface area contributed by atoms with Gasteiger partial charge in [0.05, 0.1) is 45.3 Å². The van der Waals surface area contributed by atoms with Gasteiger partial charge in [-0.3, -0.25) is 0 Å². The first-order valence-corrected chi connectivity index (χ1v) is 16.4. The average Bonchev–Trinajstić information content (AvgIpc) is 3.90. The van der Waals surface area contributed by atoms with Gasteiger partial charge in [0.15, 0.2) is 0 Å². The second-order valence-corrected chi connectivity index (χ2v) is 12.8. The van der Waals surface area contributed by atoms with E-state index >= 15 is 0 Å². The molecule has 11 aromatic rings. The van der Waals surface area contributed by atoms with Crippen LogP contribution in [0.5, 0.6) is 0 Å². The van der Waals surface area contributed by atoms with E-state index in [0.717, 1.165) is 98.9 Å². The molecular weight excluding hydrogens is 617 g/mol. The van der Waals surface area contributed by atoms with Crippen molar-refractivity contribution >= 4 is 87.5 Å². The summed E-state index contributed by atoms with van der Waals surface area (Å²) >= 11 is 0. The first-order valence-electron chi connectivity index (χ1n) is 16.4. The molecule has 0 N–H and O–H groups in total. The highest BCUT2D eigenvalue weighted by molar-refractivity contribution is 6.18. The van der Waals surface area contributed by atoms with Crippen LogP contribution in [0.15, 0.2) is 142 Å². The maximum Gasteiger partial charge on any atom is 0.136 e. The number of benzene rings is 7. The molecule has 0 amide bonds. The number of para-hydroxylation sites is 2. The van der Waals surface area contributed by atoms with Crippen molar-refractivity contribution in [3.63, 3.8) is 0 Å². The third-order valence-corrected chi connectivity index (χ3v) is 10.1. The van der Waals surface area contributed by atoms with Crippen molar-refractivity contribution < 1.29 is 8.83 Å². The van der Waals surface area contributed by atoms with Crippen LogP contribution in [-0.2, 0) is 0 Å². The van der Waals surface area contributed by atoms with E-state index in [1.165, 1.54) is 0 Å². The normalized spacial score (nSPS) is 12.0. The Morgan fingerprint density at radius 2 is 0.820 bits per heavy atom. The van der Waals surface area contributed by atoms with Gasteiger partial charge in [-0.15, -0.1) is 0 Å². The smallest absolute Gasteiger partial charge is 0.136 e. The fraction of sp³-hybridized carbons (Fsp3) is 0. The van der Waals surface area contributed by atoms with Crippen molar-refractivity contribution in [2.45, 2.75) is 0 Å². The van der Waals surface area contributed by atoms with E-state index in [2.05, 4.69) is 106 Å². The van der Waals surface area contributed by atoms with Crippen LogP contribution in [0, 0.1) is 22.7 Å². The molecule has 0 unspecified atom stereocenters. The number of furan rings is 2. The summed E-state index contributed by atoms with van der Waals surface area (Å²) in [4.78, 5) is 0. The second kappa shape index (κ2) is 9.64. The summed E-state index contributed by atoms with van der Waals surface area (Å²) < 4.78 is 17.2. The highest BCUT2D eigenvalue weighted by Crippen LogP contribution is 2.41. The molecule has 0 saturated heterocycles. The first-order chi connectivity index (χ1) is 24.7. The van der Waals surface area contributed by atoms with E-state index in [1.807, 2.05) is 42.5 Å². The molecule has 7 aromatic carbocycles. The number of rotatable bonds is 2. The molecule has 50 heavy (non-hydrogen) atoms. The van der Waals surface area contributed by atoms with Gasteiger partial charge in [-0.25, -0.2) is 0 Å². The Morgan fingerprint density at radius 3 is 1.46 bits per heavy atom. The minimum atomic E-state index is 0.602. The van der Waals surface area contributed by atoms with Crippen molar-refractivity contribution in [3.8, 4) is 23.5 Å². The van der Waals surface area contributed by atoms with Gasteiger partial charge in [0.25, 0.3) is 0 Å². The highest BCUT2D eigenvalue weighted by atomic mass is 16.3. The Bertz CT molecular complexity index is 3360. The van der Waals surface area contributed by atoms with Gasteiger partial charge in [-0.1, -0.05) is 36.4 Å². The number of nitriles is 2. The zero-order valence-electron chi connectivity index (χ0n) is 26.3. The van der Waals surface area contributed by atoms with Crippen LogP contribution in [0.4, 0.5) is 0 Å². The van der Waals surface area contributed by atoms with Crippen LogP contribution in [0.25, 0.3) is 98.9 Å². The van der Waals surface area contributed by atoms with Crippen LogP contribution in [0.2, 0.25) is 0 Å². The molecule has 230 valence electrons. The Balaban J connectivity index is 1.17. The minimum absolute atomic E-state index is 0.602. The number of hydrogen-bond donors (Lipinski definition) is 0. The topological polar surface area (TPSA) is 83.7 Å². The molecule has 0 aliphatic rings. The van der Waals surface area contributed by atoms with Crippen molar-refractivity contribution in [2.75, 3.05) is 0 Å². The number of nitrogens with zero attached hydrogens (tertiary/aromatic N) is 4. The fourth-order valence-electron chi connectivity index (χ4n) is 7.94. The molecule has 0 aliphatic heterocycles. The molecular formula is C44H22N4O2. The Kier molecular flexibility index (Phi) is 5.16. The summed E-state index contributed by atoms with van der Waals surface area (Å²) in [7, 11) is 0. The molecule has 0 aliphatic carbocycles. The monoisotopic (exact) mass is 638 g/mol. The number of hydrogen-bond acceptors (Lipinski definition) is 4. The van der Waals surface area contributed by atoms with Crippen molar-refractivity contribution in [3.05, 3.63) is 145 Å². The summed E-state index contributed by atoms with van der Waals surface area (Å²) in [6, 6.07) is 49.8. The lowest BCUT2D eigenvalue weighted by molar-refractivity contribution is 0.668. The lowest BCUT2D eigenvalue weighted by Crippen LogP contribution is -1.94. The van der Waals surface area contributed by atoms with Gasteiger partial charge in [0.1, 0.15) is 22.3 Å². The maximum absolute atomic E-state index is 9.61. The minimum Gasteiger partial charge on any atom is -0.456 e. The molecule has 6 nitrogen and oxygen atoms in total. The molecule has 4 aromatic heterocycles. The SMILES string of the molecule is N#Cc1ccc2oc3cc4c5ccccc5n(-c5ccc6oc7ccc(-n8c9ccccc9c9cc(C#N)ccc98)cc7c6c5)c4cc3c2c1. The average molecular weight is 639 g/mol. The Morgan fingerprint density at radius 1 is 0.360 bits per heavy atom. The molecule has 4 heterocycles. The van der Waals surface area contributed by atoms with Gasteiger partial charge in [-0.2, -0.15) is 10.5 Å². The maximum atomic E-state index is 9.61. The predicted molar refractivity (Wildman–Crippen MR) is 199 cm³/mol. The van der Waals surface area contributed by atoms with Crippen LogP contribution >= 0.6 is 0 Å². The quantitative estimate of drug-likeness (QED) is 0.189. The van der Waals surface area contributed by atoms with Crippen LogP contribution in [-0.4, -0.2) is 9.13 Å². The molecule has 0 fully saturated rings. The molecule has 0 saturated carbocycles. The number of aromatic nitrogens is 2. The van der Waals surface area contributed by atoms with Crippen molar-refractivity contribution in [2.24, 2.45) is 0 Å². The molecule has 6 heteroatoms. The van der Waals surface area contributed by atoms with E-state index in [4.69, 9.17) is 8.83 Å². The summed E-state index contributed by atoms with van der Waals surface area (Å²) in [5.74, 6) is 0. The number of fused-ring (bicyclic) bond motifs is 12. The zero-order valence-corrected chi connectivity index (χ0v) is 26.3. The summed E-state index contributed by atoms with van der Waals surface area (Å²) in [5.41, 5.74) is 10.7. The molecule has 0 spiro atoms. The van der Waals surface area contributed by atoms with Gasteiger partial charge in [-0.05, 0) is 97.1 Å². The van der Waals surface area contributed by atoms with Gasteiger partial charge < -0.3 is 18.0 Å². The van der Waals surface area contributed by atoms with Crippen LogP contribution in [0.3, 0.4) is 0 Å². The lowest BCUT2D eigenvalue weighted by atomic mass is 10.1. The van der Waals surface area contributed by atoms with E-state index < -0.39 is 0 Å². The third kappa shape index (κ3) is 3.54. The van der Waals surface area contributed by atoms with Gasteiger partial charge in [0.2, 0.25) is 0 Å². The van der Waals surface area contributed by atoms with E-state index in [-0.39, 0.29) is 0 Å². The molecule has 11 rings (SSSR count). The zero-order chi connectivity index (χ0) is 33.1. The summed E-state index contributed by atoms with van der Waals surface area (Å²) in [6.45, 7) is 0. The van der Waals surface area contributed by atoms with Crippen LogP contribution in [0.1, 0.15) is 11.1 Å². The van der Waals surface area contributed by atoms with Crippen molar-refractivity contribution in [1.82, 2.24) is 9.13 Å². The van der Waals surface area contributed by atoms with Crippen molar-refractivity contribution in [1.29, 1.82) is 10.5 Å². The van der Waals surface area contributed by atoms with E-state index in [0.29, 0.717) is 11.1 Å². The lowest BCUT2D eigenvalue weighted by Gasteiger charge is -2.09. The summed E-state index contributed by atoms with van der Waals surface area (Å²) in [5, 5.41) is 27.5. The largest absolute Gasteiger partial charge is 0.456 e. The fourth-order valence-corrected chi connectivity index (χ4v) is 7.94. The van der Waals surface area contributed by atoms with E-state index in [1.54, 1.807) is 6.07 Å². The van der Waals surface area contributed by atoms with Crippen LogP contribution < -0.4 is 0 Å². The standard InChI is InChI=1S/C44H22N4O2/c45-23-25-9-13-39-31(17-25)29-5-1-3-7-37(29)47(39)27-11-15-42-34(19-27)35-20-28(12-16-43(35)49-42)48-38-8-4-2-6-30(38)32-22-44-36(21-40(32)48)33-18-26(24-46)10-14-41(33)50-44/h1-22H. The first kappa shape index (κ1) is 26.8. The van der Waals surface area contributed by atoms with E-state index in [9.17, 15) is 10.5 Å². The molecule has 0 radical (unpaired) electrons. The second-order valence-electron chi connectivity index (χ2n) is 12.8. The predicted octanol–water partition coefficient (Wildman–Crippen LogP) is 11.4. The van der Waals surface area contributed by atoms with Gasteiger partial charge >= 0.3 is 0 Å². The molecule has 0 bridgehead atoms.